The van der Waals surface area contributed by atoms with E-state index in [4.69, 9.17) is 14.3 Å². The molecule has 20 heavy (non-hydrogen) atoms. The van der Waals surface area contributed by atoms with Crippen molar-refractivity contribution < 1.29 is 14.3 Å². The molecular formula is C16H28O3S. The van der Waals surface area contributed by atoms with E-state index in [2.05, 4.69) is 33.4 Å². The number of methoxy groups -OCH3 is 1. The molecule has 0 bridgehead atoms. The van der Waals surface area contributed by atoms with Crippen molar-refractivity contribution in [3.63, 3.8) is 0 Å². The van der Waals surface area contributed by atoms with Gasteiger partial charge in [0.05, 0.1) is 7.11 Å². The first-order valence-corrected chi connectivity index (χ1v) is 7.06. The Balaban J connectivity index is -0.000000236. The summed E-state index contributed by atoms with van der Waals surface area (Å²) in [7, 11) is 1.67. The zero-order valence-corrected chi connectivity index (χ0v) is 14.0. The van der Waals surface area contributed by atoms with E-state index in [0.717, 1.165) is 17.4 Å². The maximum atomic E-state index is 8.00. The van der Waals surface area contributed by atoms with Crippen LogP contribution in [0, 0.1) is 12.8 Å². The highest BCUT2D eigenvalue weighted by Gasteiger charge is 1.93. The SMILES string of the molecule is C=O.C=O.CCC(C)CCS.COc1ccc(C)cc1. The van der Waals surface area contributed by atoms with E-state index in [1.807, 2.05) is 37.8 Å². The van der Waals surface area contributed by atoms with Gasteiger partial charge < -0.3 is 14.3 Å². The fraction of sp³-hybridized carbons (Fsp3) is 0.500. The third-order valence-corrected chi connectivity index (χ3v) is 2.83. The summed E-state index contributed by atoms with van der Waals surface area (Å²) < 4.78 is 4.97. The fourth-order valence-electron chi connectivity index (χ4n) is 1.10. The van der Waals surface area contributed by atoms with Crippen molar-refractivity contribution >= 4 is 26.2 Å². The first-order valence-electron chi connectivity index (χ1n) is 6.43. The first kappa shape index (κ1) is 23.8. The Labute approximate surface area is 129 Å². The Morgan fingerprint density at radius 1 is 1.15 bits per heavy atom. The molecule has 0 N–H and O–H groups in total. The number of carbonyl (C=O) groups excluding carboxylic acids is 2. The van der Waals surface area contributed by atoms with Crippen LogP contribution in [-0.2, 0) is 9.59 Å². The molecule has 0 spiro atoms. The zero-order chi connectivity index (χ0) is 16.4. The lowest BCUT2D eigenvalue weighted by Gasteiger charge is -2.02. The Morgan fingerprint density at radius 3 is 1.85 bits per heavy atom. The van der Waals surface area contributed by atoms with Crippen molar-refractivity contribution in [2.75, 3.05) is 12.9 Å². The Hall–Kier alpha value is -1.29. The molecule has 1 aromatic rings. The number of hydrogen-bond donors (Lipinski definition) is 1. The Kier molecular flexibility index (Phi) is 23.8. The second-order valence-electron chi connectivity index (χ2n) is 4.04. The van der Waals surface area contributed by atoms with Gasteiger partial charge in [-0.15, -0.1) is 0 Å². The molecule has 0 aliphatic rings. The minimum atomic E-state index is 0.873. The molecule has 4 heteroatoms. The molecule has 0 amide bonds. The molecule has 0 aliphatic carbocycles. The number of aryl methyl sites for hydroxylation is 1. The number of ether oxygens (including phenoxy) is 1. The lowest BCUT2D eigenvalue weighted by atomic mass is 10.1. The summed E-state index contributed by atoms with van der Waals surface area (Å²) in [5.74, 6) is 2.83. The minimum Gasteiger partial charge on any atom is -0.497 e. The number of rotatable bonds is 4. The van der Waals surface area contributed by atoms with Gasteiger partial charge >= 0.3 is 0 Å². The van der Waals surface area contributed by atoms with Gasteiger partial charge in [-0.1, -0.05) is 38.0 Å². The smallest absolute Gasteiger partial charge is 0.118 e. The predicted octanol–water partition coefficient (Wildman–Crippen LogP) is 3.99. The second kappa shape index (κ2) is 20.0. The minimum absolute atomic E-state index is 0.873. The molecular weight excluding hydrogens is 272 g/mol. The highest BCUT2D eigenvalue weighted by atomic mass is 32.1. The van der Waals surface area contributed by atoms with Crippen molar-refractivity contribution in [2.45, 2.75) is 33.6 Å². The van der Waals surface area contributed by atoms with E-state index < -0.39 is 0 Å². The van der Waals surface area contributed by atoms with Crippen LogP contribution in [0.25, 0.3) is 0 Å². The van der Waals surface area contributed by atoms with Gasteiger partial charge in [0.25, 0.3) is 0 Å². The van der Waals surface area contributed by atoms with Gasteiger partial charge in [0.1, 0.15) is 19.3 Å². The molecule has 0 aromatic heterocycles. The number of thiol groups is 1. The molecule has 1 rings (SSSR count). The van der Waals surface area contributed by atoms with Gasteiger partial charge in [-0.2, -0.15) is 12.6 Å². The monoisotopic (exact) mass is 300 g/mol. The molecule has 0 saturated heterocycles. The van der Waals surface area contributed by atoms with Gasteiger partial charge in [0.15, 0.2) is 0 Å². The highest BCUT2D eigenvalue weighted by Crippen LogP contribution is 2.09. The topological polar surface area (TPSA) is 43.4 Å². The van der Waals surface area contributed by atoms with E-state index in [1.165, 1.54) is 18.4 Å². The molecule has 0 fully saturated rings. The predicted molar refractivity (Wildman–Crippen MR) is 89.9 cm³/mol. The van der Waals surface area contributed by atoms with Crippen LogP contribution in [0.5, 0.6) is 5.75 Å². The fourth-order valence-corrected chi connectivity index (χ4v) is 1.54. The Bertz CT molecular complexity index is 286. The molecule has 1 aromatic carbocycles. The van der Waals surface area contributed by atoms with Crippen molar-refractivity contribution in [1.29, 1.82) is 0 Å². The molecule has 3 nitrogen and oxygen atoms in total. The summed E-state index contributed by atoms with van der Waals surface area (Å²) >= 11 is 4.11. The summed E-state index contributed by atoms with van der Waals surface area (Å²) in [5, 5.41) is 0. The van der Waals surface area contributed by atoms with Crippen LogP contribution in [0.3, 0.4) is 0 Å². The maximum Gasteiger partial charge on any atom is 0.118 e. The van der Waals surface area contributed by atoms with Crippen LogP contribution in [-0.4, -0.2) is 26.4 Å². The van der Waals surface area contributed by atoms with Gasteiger partial charge in [-0.3, -0.25) is 0 Å². The molecule has 1 unspecified atom stereocenters. The van der Waals surface area contributed by atoms with Gasteiger partial charge in [0.2, 0.25) is 0 Å². The average molecular weight is 300 g/mol. The summed E-state index contributed by atoms with van der Waals surface area (Å²) in [6, 6.07) is 7.96. The summed E-state index contributed by atoms with van der Waals surface area (Å²) in [4.78, 5) is 16.0. The van der Waals surface area contributed by atoms with Crippen LogP contribution in [0.4, 0.5) is 0 Å². The molecule has 0 radical (unpaired) electrons. The third kappa shape index (κ3) is 16.7. The highest BCUT2D eigenvalue weighted by molar-refractivity contribution is 7.80. The lowest BCUT2D eigenvalue weighted by molar-refractivity contribution is -0.0987. The van der Waals surface area contributed by atoms with Crippen LogP contribution in [0.2, 0.25) is 0 Å². The van der Waals surface area contributed by atoms with Crippen LogP contribution in [0.1, 0.15) is 32.3 Å². The molecule has 0 heterocycles. The first-order chi connectivity index (χ1) is 9.63. The Morgan fingerprint density at radius 2 is 1.60 bits per heavy atom. The molecule has 1 atom stereocenters. The largest absolute Gasteiger partial charge is 0.497 e. The lowest BCUT2D eigenvalue weighted by Crippen LogP contribution is -1.90. The molecule has 0 aliphatic heterocycles. The van der Waals surface area contributed by atoms with Crippen LogP contribution in [0.15, 0.2) is 24.3 Å². The van der Waals surface area contributed by atoms with E-state index >= 15 is 0 Å². The third-order valence-electron chi connectivity index (χ3n) is 2.58. The van der Waals surface area contributed by atoms with E-state index in [1.54, 1.807) is 7.11 Å². The van der Waals surface area contributed by atoms with Gasteiger partial charge in [0, 0.05) is 0 Å². The van der Waals surface area contributed by atoms with Crippen molar-refractivity contribution in [3.05, 3.63) is 29.8 Å². The van der Waals surface area contributed by atoms with Crippen molar-refractivity contribution in [2.24, 2.45) is 5.92 Å². The molecule has 116 valence electrons. The van der Waals surface area contributed by atoms with Crippen LogP contribution >= 0.6 is 12.6 Å². The number of hydrogen-bond acceptors (Lipinski definition) is 4. The van der Waals surface area contributed by atoms with Gasteiger partial charge in [-0.25, -0.2) is 0 Å². The van der Waals surface area contributed by atoms with Crippen molar-refractivity contribution in [1.82, 2.24) is 0 Å². The average Bonchev–Trinajstić information content (AvgIpc) is 2.53. The maximum absolute atomic E-state index is 8.00. The van der Waals surface area contributed by atoms with Gasteiger partial charge in [-0.05, 0) is 37.1 Å². The quantitative estimate of drug-likeness (QED) is 0.855. The summed E-state index contributed by atoms with van der Waals surface area (Å²) in [6.07, 6.45) is 2.56. The molecule has 0 saturated carbocycles. The van der Waals surface area contributed by atoms with E-state index in [9.17, 15) is 0 Å². The van der Waals surface area contributed by atoms with E-state index in [0.29, 0.717) is 0 Å². The second-order valence-corrected chi connectivity index (χ2v) is 4.49. The number of benzene rings is 1. The normalized spacial score (nSPS) is 9.45. The van der Waals surface area contributed by atoms with Crippen LogP contribution < -0.4 is 4.74 Å². The summed E-state index contributed by atoms with van der Waals surface area (Å²) in [5.41, 5.74) is 1.26. The zero-order valence-electron chi connectivity index (χ0n) is 13.1. The van der Waals surface area contributed by atoms with E-state index in [-0.39, 0.29) is 0 Å². The number of carbonyl (C=O) groups is 2. The standard InChI is InChI=1S/C8H10O.C6H14S.2CH2O/c1-7-3-5-8(9-2)6-4-7;1-3-6(2)4-5-7;2*1-2/h3-6H,1-2H3;6-7H,3-5H2,1-2H3;2*1H2. The summed E-state index contributed by atoms with van der Waals surface area (Å²) in [6.45, 7) is 10.5. The van der Waals surface area contributed by atoms with Crippen molar-refractivity contribution in [3.8, 4) is 5.75 Å².